The first-order chi connectivity index (χ1) is 9.75. The van der Waals surface area contributed by atoms with Crippen LogP contribution in [0.3, 0.4) is 0 Å². The third-order valence-electron chi connectivity index (χ3n) is 2.64. The predicted octanol–water partition coefficient (Wildman–Crippen LogP) is 5.11. The van der Waals surface area contributed by atoms with Crippen LogP contribution >= 0.6 is 0 Å². The summed E-state index contributed by atoms with van der Waals surface area (Å²) in [4.78, 5) is 0. The average molecular weight is 306 g/mol. The number of alkyl halides is 5. The molecule has 2 aromatic rings. The van der Waals surface area contributed by atoms with E-state index in [1.807, 2.05) is 0 Å². The Morgan fingerprint density at radius 2 is 1.48 bits per heavy atom. The van der Waals surface area contributed by atoms with Gasteiger partial charge < -0.3 is 4.74 Å². The Morgan fingerprint density at radius 3 is 2.00 bits per heavy atom. The molecule has 0 bridgehead atoms. The maximum absolute atomic E-state index is 13.3. The minimum atomic E-state index is -4.48. The first-order valence-corrected chi connectivity index (χ1v) is 5.69. The summed E-state index contributed by atoms with van der Waals surface area (Å²) >= 11 is 0. The van der Waals surface area contributed by atoms with Crippen LogP contribution in [0.1, 0.15) is 5.56 Å². The van der Waals surface area contributed by atoms with Gasteiger partial charge in [0.1, 0.15) is 11.6 Å². The van der Waals surface area contributed by atoms with E-state index < -0.39 is 29.9 Å². The molecule has 0 fully saturated rings. The molecule has 0 radical (unpaired) electrons. The highest BCUT2D eigenvalue weighted by Gasteiger charge is 2.29. The van der Waals surface area contributed by atoms with Gasteiger partial charge in [0.15, 0.2) is 0 Å². The minimum absolute atomic E-state index is 0.138. The number of ether oxygens (including phenoxy) is 1. The van der Waals surface area contributed by atoms with Crippen LogP contribution in [0.25, 0.3) is 11.1 Å². The largest absolute Gasteiger partial charge is 0.435 e. The quantitative estimate of drug-likeness (QED) is 0.716. The normalized spacial score (nSPS) is 11.8. The lowest BCUT2D eigenvalue weighted by molar-refractivity contribution is -0.137. The van der Waals surface area contributed by atoms with Crippen LogP contribution in [0, 0.1) is 5.82 Å². The Labute approximate surface area is 115 Å². The molecule has 0 atom stereocenters. The Kier molecular flexibility index (Phi) is 4.11. The number of rotatable bonds is 3. The van der Waals surface area contributed by atoms with E-state index >= 15 is 0 Å². The van der Waals surface area contributed by atoms with Crippen molar-refractivity contribution in [3.63, 3.8) is 0 Å². The minimum Gasteiger partial charge on any atom is -0.435 e. The molecule has 0 aliphatic heterocycles. The van der Waals surface area contributed by atoms with Gasteiger partial charge in [0, 0.05) is 6.07 Å². The fourth-order valence-corrected chi connectivity index (χ4v) is 1.75. The van der Waals surface area contributed by atoms with Crippen LogP contribution in [-0.2, 0) is 6.18 Å². The monoisotopic (exact) mass is 306 g/mol. The van der Waals surface area contributed by atoms with Gasteiger partial charge in [0.25, 0.3) is 0 Å². The molecule has 2 rings (SSSR count). The molecule has 0 aliphatic carbocycles. The second kappa shape index (κ2) is 5.67. The molecule has 0 saturated heterocycles. The van der Waals surface area contributed by atoms with E-state index in [2.05, 4.69) is 4.74 Å². The van der Waals surface area contributed by atoms with E-state index in [1.165, 1.54) is 0 Å². The molecule has 0 spiro atoms. The molecule has 7 heteroatoms. The number of benzene rings is 2. The van der Waals surface area contributed by atoms with E-state index in [4.69, 9.17) is 0 Å². The van der Waals surface area contributed by atoms with Crippen molar-refractivity contribution in [3.05, 3.63) is 53.8 Å². The maximum atomic E-state index is 13.3. The highest BCUT2D eigenvalue weighted by atomic mass is 19.4. The van der Waals surface area contributed by atoms with E-state index in [9.17, 15) is 26.3 Å². The van der Waals surface area contributed by atoms with Gasteiger partial charge in [-0.25, -0.2) is 4.39 Å². The lowest BCUT2D eigenvalue weighted by atomic mass is 10.0. The van der Waals surface area contributed by atoms with Gasteiger partial charge in [0.2, 0.25) is 0 Å². The van der Waals surface area contributed by atoms with E-state index in [0.717, 1.165) is 42.5 Å². The maximum Gasteiger partial charge on any atom is 0.416 e. The summed E-state index contributed by atoms with van der Waals surface area (Å²) in [5, 5.41) is 0. The van der Waals surface area contributed by atoms with Crippen LogP contribution in [0.15, 0.2) is 42.5 Å². The summed E-state index contributed by atoms with van der Waals surface area (Å²) in [5.74, 6) is -1.23. The SMILES string of the molecule is Fc1cc(OC(F)F)cc(-c2ccc(C(F)(F)F)cc2)c1. The first kappa shape index (κ1) is 15.2. The van der Waals surface area contributed by atoms with Gasteiger partial charge in [-0.1, -0.05) is 12.1 Å². The van der Waals surface area contributed by atoms with E-state index in [-0.39, 0.29) is 11.1 Å². The summed E-state index contributed by atoms with van der Waals surface area (Å²) in [6.45, 7) is -3.12. The average Bonchev–Trinajstić information content (AvgIpc) is 2.36. The third kappa shape index (κ3) is 3.90. The summed E-state index contributed by atoms with van der Waals surface area (Å²) in [7, 11) is 0. The molecule has 112 valence electrons. The summed E-state index contributed by atoms with van der Waals surface area (Å²) in [5.41, 5.74) is -0.465. The Hall–Kier alpha value is -2.18. The summed E-state index contributed by atoms with van der Waals surface area (Å²) in [6.07, 6.45) is -4.48. The molecule has 0 N–H and O–H groups in total. The van der Waals surface area contributed by atoms with Crippen molar-refractivity contribution in [2.75, 3.05) is 0 Å². The van der Waals surface area contributed by atoms with Crippen molar-refractivity contribution in [2.45, 2.75) is 12.8 Å². The highest BCUT2D eigenvalue weighted by Crippen LogP contribution is 2.32. The molecule has 0 heterocycles. The molecule has 2 aromatic carbocycles. The molecule has 0 saturated carbocycles. The first-order valence-electron chi connectivity index (χ1n) is 5.69. The molecular weight excluding hydrogens is 298 g/mol. The van der Waals surface area contributed by atoms with Gasteiger partial charge in [-0.15, -0.1) is 0 Å². The summed E-state index contributed by atoms with van der Waals surface area (Å²) < 4.78 is 78.9. The van der Waals surface area contributed by atoms with Crippen molar-refractivity contribution >= 4 is 0 Å². The Bertz CT molecular complexity index is 618. The number of hydrogen-bond acceptors (Lipinski definition) is 1. The van der Waals surface area contributed by atoms with Gasteiger partial charge >= 0.3 is 12.8 Å². The molecular formula is C14H8F6O. The van der Waals surface area contributed by atoms with Crippen LogP contribution in [0.5, 0.6) is 5.75 Å². The standard InChI is InChI=1S/C14H8F6O/c15-11-5-9(6-12(7-11)21-13(16)17)8-1-3-10(4-2-8)14(18,19)20/h1-7,13H. The van der Waals surface area contributed by atoms with Crippen molar-refractivity contribution in [2.24, 2.45) is 0 Å². The molecule has 1 nitrogen and oxygen atoms in total. The van der Waals surface area contributed by atoms with Gasteiger partial charge in [-0.05, 0) is 35.4 Å². The van der Waals surface area contributed by atoms with Crippen molar-refractivity contribution < 1.29 is 31.1 Å². The second-order valence-corrected chi connectivity index (χ2v) is 4.13. The Morgan fingerprint density at radius 1 is 0.857 bits per heavy atom. The zero-order valence-corrected chi connectivity index (χ0v) is 10.3. The molecule has 0 amide bonds. The fourth-order valence-electron chi connectivity index (χ4n) is 1.75. The predicted molar refractivity (Wildman–Crippen MR) is 63.5 cm³/mol. The van der Waals surface area contributed by atoms with E-state index in [0.29, 0.717) is 0 Å². The van der Waals surface area contributed by atoms with Crippen LogP contribution in [0.2, 0.25) is 0 Å². The van der Waals surface area contributed by atoms with Crippen LogP contribution in [0.4, 0.5) is 26.3 Å². The zero-order chi connectivity index (χ0) is 15.6. The zero-order valence-electron chi connectivity index (χ0n) is 10.3. The van der Waals surface area contributed by atoms with Gasteiger partial charge in [-0.2, -0.15) is 22.0 Å². The number of hydrogen-bond donors (Lipinski definition) is 0. The Balaban J connectivity index is 2.35. The lowest BCUT2D eigenvalue weighted by Gasteiger charge is -2.10. The fraction of sp³-hybridized carbons (Fsp3) is 0.143. The molecule has 0 unspecified atom stereocenters. The van der Waals surface area contributed by atoms with E-state index in [1.54, 1.807) is 0 Å². The van der Waals surface area contributed by atoms with Crippen LogP contribution in [-0.4, -0.2) is 6.61 Å². The van der Waals surface area contributed by atoms with Gasteiger partial charge in [-0.3, -0.25) is 0 Å². The topological polar surface area (TPSA) is 9.23 Å². The molecule has 0 aliphatic rings. The van der Waals surface area contributed by atoms with Gasteiger partial charge in [0.05, 0.1) is 5.56 Å². The second-order valence-electron chi connectivity index (χ2n) is 4.13. The van der Waals surface area contributed by atoms with Crippen molar-refractivity contribution in [3.8, 4) is 16.9 Å². The van der Waals surface area contributed by atoms with Crippen molar-refractivity contribution in [1.29, 1.82) is 0 Å². The molecule has 21 heavy (non-hydrogen) atoms. The van der Waals surface area contributed by atoms with Crippen molar-refractivity contribution in [1.82, 2.24) is 0 Å². The lowest BCUT2D eigenvalue weighted by Crippen LogP contribution is -2.04. The highest BCUT2D eigenvalue weighted by molar-refractivity contribution is 5.65. The molecule has 0 aromatic heterocycles. The smallest absolute Gasteiger partial charge is 0.416 e. The summed E-state index contributed by atoms with van der Waals surface area (Å²) in [6, 6.07) is 6.81. The number of halogens is 6. The van der Waals surface area contributed by atoms with Crippen LogP contribution < -0.4 is 4.74 Å². The third-order valence-corrected chi connectivity index (χ3v) is 2.64.